The van der Waals surface area contributed by atoms with Crippen molar-refractivity contribution in [2.24, 2.45) is 0 Å². The van der Waals surface area contributed by atoms with Crippen molar-refractivity contribution in [2.45, 2.75) is 55.4 Å². The Hall–Kier alpha value is -4.80. The molecular weight excluding hydrogens is 624 g/mol. The summed E-state index contributed by atoms with van der Waals surface area (Å²) in [7, 11) is 0. The van der Waals surface area contributed by atoms with Crippen molar-refractivity contribution in [2.75, 3.05) is 24.7 Å². The molecule has 0 saturated carbocycles. The van der Waals surface area contributed by atoms with Gasteiger partial charge in [0.25, 0.3) is 11.1 Å². The summed E-state index contributed by atoms with van der Waals surface area (Å²) < 4.78 is 26.3. The first kappa shape index (κ1) is 30.8. The number of anilines is 2. The van der Waals surface area contributed by atoms with Crippen LogP contribution in [-0.4, -0.2) is 109 Å². The first-order valence-electron chi connectivity index (χ1n) is 14.4. The minimum absolute atomic E-state index is 0.0201. The van der Waals surface area contributed by atoms with Gasteiger partial charge in [0, 0.05) is 5.56 Å². The van der Waals surface area contributed by atoms with Gasteiger partial charge in [-0.05, 0) is 0 Å². The molecule has 0 aliphatic carbocycles. The Labute approximate surface area is 262 Å². The second kappa shape index (κ2) is 12.1. The van der Waals surface area contributed by atoms with Crippen LogP contribution in [0.5, 0.6) is 0 Å². The van der Waals surface area contributed by atoms with Crippen LogP contribution in [0.1, 0.15) is 24.3 Å². The molecule has 20 nitrogen and oxygen atoms in total. The smallest absolute Gasteiger partial charge is 0.280 e. The zero-order chi connectivity index (χ0) is 33.0. The number of benzene rings is 1. The number of aromatic amines is 2. The second-order valence-electron chi connectivity index (χ2n) is 11.0. The number of hydrogen-bond donors (Lipinski definition) is 8. The molecule has 47 heavy (non-hydrogen) atoms. The van der Waals surface area contributed by atoms with Gasteiger partial charge in [-0.3, -0.25) is 28.7 Å². The van der Waals surface area contributed by atoms with Crippen molar-refractivity contribution in [3.8, 4) is 0 Å². The zero-order valence-corrected chi connectivity index (χ0v) is 24.2. The molecule has 0 bridgehead atoms. The minimum atomic E-state index is -1.29. The molecule has 0 spiro atoms. The maximum absolute atomic E-state index is 12.0. The number of nitrogens with zero attached hydrogens (tertiary/aromatic N) is 6. The highest BCUT2D eigenvalue weighted by Crippen LogP contribution is 2.44. The quantitative estimate of drug-likeness (QED) is 0.0962. The molecular formula is C27H30N10O10. The molecule has 7 heterocycles. The number of nitrogens with one attached hydrogen (secondary N) is 2. The molecule has 4 aromatic heterocycles. The summed E-state index contributed by atoms with van der Waals surface area (Å²) in [6.45, 7) is -0.678. The zero-order valence-electron chi connectivity index (χ0n) is 24.2. The number of rotatable bonds is 5. The van der Waals surface area contributed by atoms with E-state index < -0.39 is 73.1 Å². The molecule has 3 saturated heterocycles. The fourth-order valence-electron chi connectivity index (χ4n) is 5.84. The van der Waals surface area contributed by atoms with E-state index in [1.165, 1.54) is 17.2 Å². The van der Waals surface area contributed by atoms with Crippen molar-refractivity contribution < 1.29 is 39.4 Å². The van der Waals surface area contributed by atoms with Crippen LogP contribution in [0, 0.1) is 0 Å². The summed E-state index contributed by atoms with van der Waals surface area (Å²) in [4.78, 5) is 44.5. The number of aliphatic hydroxyl groups is 4. The van der Waals surface area contributed by atoms with E-state index in [-0.39, 0.29) is 40.8 Å². The van der Waals surface area contributed by atoms with Crippen LogP contribution < -0.4 is 22.6 Å². The Morgan fingerprint density at radius 1 is 0.723 bits per heavy atom. The van der Waals surface area contributed by atoms with E-state index in [1.807, 2.05) is 30.3 Å². The minimum Gasteiger partial charge on any atom is -0.394 e. The molecule has 0 radical (unpaired) electrons. The van der Waals surface area contributed by atoms with E-state index in [1.54, 1.807) is 4.57 Å². The highest BCUT2D eigenvalue weighted by molar-refractivity contribution is 5.71. The Bertz CT molecular complexity index is 2010. The van der Waals surface area contributed by atoms with E-state index in [9.17, 15) is 24.9 Å². The highest BCUT2D eigenvalue weighted by atomic mass is 16.8. The van der Waals surface area contributed by atoms with Gasteiger partial charge in [-0.25, -0.2) is 9.97 Å². The molecule has 5 aromatic rings. The van der Waals surface area contributed by atoms with Crippen LogP contribution in [0.2, 0.25) is 0 Å². The molecule has 10 N–H and O–H groups in total. The number of imidazole rings is 2. The normalized spacial score (nSPS) is 30.1. The molecule has 0 amide bonds. The van der Waals surface area contributed by atoms with Gasteiger partial charge in [0.2, 0.25) is 11.9 Å². The second-order valence-corrected chi connectivity index (χ2v) is 11.0. The number of nitrogen functional groups attached to an aromatic ring is 2. The molecule has 1 aromatic carbocycles. The van der Waals surface area contributed by atoms with Gasteiger partial charge in [0.05, 0.1) is 25.9 Å². The number of H-pyrrole nitrogens is 2. The van der Waals surface area contributed by atoms with Gasteiger partial charge < -0.3 is 50.8 Å². The number of fused-ring (bicyclic) bond motifs is 3. The predicted molar refractivity (Wildman–Crippen MR) is 158 cm³/mol. The van der Waals surface area contributed by atoms with Crippen molar-refractivity contribution in [1.29, 1.82) is 0 Å². The predicted octanol–water partition coefficient (Wildman–Crippen LogP) is -2.61. The third kappa shape index (κ3) is 5.31. The number of aliphatic hydroxyl groups excluding tert-OH is 4. The van der Waals surface area contributed by atoms with Crippen LogP contribution in [0.3, 0.4) is 0 Å². The lowest BCUT2D eigenvalue weighted by Crippen LogP contribution is -2.33. The molecule has 8 rings (SSSR count). The van der Waals surface area contributed by atoms with Crippen LogP contribution in [0.25, 0.3) is 22.3 Å². The van der Waals surface area contributed by atoms with Crippen LogP contribution in [0.15, 0.2) is 52.6 Å². The van der Waals surface area contributed by atoms with Gasteiger partial charge >= 0.3 is 0 Å². The summed E-state index contributed by atoms with van der Waals surface area (Å²) >= 11 is 0. The molecule has 3 fully saturated rings. The molecule has 20 heteroatoms. The standard InChI is InChI=1S/C17H17N5O5.C10H13N5O5/c18-17-20-13-10(14(24)21-17)19-7-22(13)15-12-11(9(6-23)25-15)26-16(27-12)8-4-2-1-3-5-8;11-10-13-7-4(8(19)14-10)12-2-15(7)9-6(18)5(17)3(1-16)20-9/h1-5,7,9,11-12,15-16,23H,6H2,(H3,18,20,21,24);2-3,5-6,9,16-18H,1H2,(H3,11,13,14,19). The Kier molecular flexibility index (Phi) is 7.93. The van der Waals surface area contributed by atoms with Crippen LogP contribution in [-0.2, 0) is 18.9 Å². The first-order chi connectivity index (χ1) is 22.7. The SMILES string of the molecule is Nc1nc2c(ncn2C2OC(CO)C(O)C2O)c(=O)[nH]1.Nc1nc2c(ncn2C2OC(CO)C3OC(c4ccccc4)OC32)c(=O)[nH]1. The lowest BCUT2D eigenvalue weighted by molar-refractivity contribution is -0.153. The summed E-state index contributed by atoms with van der Waals surface area (Å²) in [5.41, 5.74) is 11.6. The average molecular weight is 655 g/mol. The molecule has 9 atom stereocenters. The molecule has 3 aliphatic heterocycles. The average Bonchev–Trinajstić information content (AvgIpc) is 3.87. The van der Waals surface area contributed by atoms with E-state index in [0.717, 1.165) is 5.56 Å². The third-order valence-electron chi connectivity index (χ3n) is 8.07. The van der Waals surface area contributed by atoms with E-state index in [4.69, 9.17) is 35.5 Å². The Balaban J connectivity index is 0.000000157. The van der Waals surface area contributed by atoms with Gasteiger partial charge in [0.15, 0.2) is 41.1 Å². The molecule has 9 unspecified atom stereocenters. The molecule has 248 valence electrons. The maximum atomic E-state index is 12.0. The highest BCUT2D eigenvalue weighted by Gasteiger charge is 2.54. The number of ether oxygens (including phenoxy) is 4. The lowest BCUT2D eigenvalue weighted by Gasteiger charge is -2.20. The third-order valence-corrected chi connectivity index (χ3v) is 8.07. The van der Waals surface area contributed by atoms with Crippen molar-refractivity contribution in [3.05, 3.63) is 69.3 Å². The topological polar surface area (TPSA) is 297 Å². The Morgan fingerprint density at radius 3 is 1.81 bits per heavy atom. The monoisotopic (exact) mass is 654 g/mol. The summed E-state index contributed by atoms with van der Waals surface area (Å²) in [5.74, 6) is -0.121. The number of hydrogen-bond acceptors (Lipinski definition) is 16. The number of aromatic nitrogens is 8. The van der Waals surface area contributed by atoms with E-state index in [2.05, 4.69) is 29.9 Å². The number of nitrogens with two attached hydrogens (primary N) is 2. The van der Waals surface area contributed by atoms with Crippen molar-refractivity contribution in [3.63, 3.8) is 0 Å². The molecule has 3 aliphatic rings. The fraction of sp³-hybridized carbons (Fsp3) is 0.407. The van der Waals surface area contributed by atoms with Crippen molar-refractivity contribution >= 4 is 34.2 Å². The van der Waals surface area contributed by atoms with E-state index in [0.29, 0.717) is 0 Å². The van der Waals surface area contributed by atoms with Gasteiger partial charge in [-0.2, -0.15) is 9.97 Å². The fourth-order valence-corrected chi connectivity index (χ4v) is 5.84. The summed E-state index contributed by atoms with van der Waals surface area (Å²) in [6, 6.07) is 9.52. The Morgan fingerprint density at radius 2 is 1.26 bits per heavy atom. The van der Waals surface area contributed by atoms with Gasteiger partial charge in [-0.15, -0.1) is 0 Å². The first-order valence-corrected chi connectivity index (χ1v) is 14.4. The van der Waals surface area contributed by atoms with Gasteiger partial charge in [0.1, 0.15) is 36.6 Å². The maximum Gasteiger partial charge on any atom is 0.280 e. The lowest BCUT2D eigenvalue weighted by atomic mass is 10.1. The van der Waals surface area contributed by atoms with Gasteiger partial charge in [-0.1, -0.05) is 30.3 Å². The summed E-state index contributed by atoms with van der Waals surface area (Å²) in [6.07, 6.45) is -4.56. The largest absolute Gasteiger partial charge is 0.394 e. The van der Waals surface area contributed by atoms with Crippen LogP contribution in [0.4, 0.5) is 11.9 Å². The van der Waals surface area contributed by atoms with E-state index >= 15 is 0 Å². The summed E-state index contributed by atoms with van der Waals surface area (Å²) in [5, 5.41) is 38.4. The van der Waals surface area contributed by atoms with Crippen LogP contribution >= 0.6 is 0 Å². The van der Waals surface area contributed by atoms with Crippen molar-refractivity contribution in [1.82, 2.24) is 39.0 Å².